The van der Waals surface area contributed by atoms with Gasteiger partial charge in [0.1, 0.15) is 19.7 Å². The number of aliphatic hydroxyl groups is 7. The number of amides is 3. The smallest absolute Gasteiger partial charge is 0.356 e. The van der Waals surface area contributed by atoms with E-state index in [1.54, 1.807) is 18.2 Å². The summed E-state index contributed by atoms with van der Waals surface area (Å²) in [4.78, 5) is 38.1. The third-order valence-corrected chi connectivity index (χ3v) is 7.50. The van der Waals surface area contributed by atoms with Crippen molar-refractivity contribution in [1.82, 2.24) is 15.1 Å². The second kappa shape index (κ2) is 10.0. The van der Waals surface area contributed by atoms with Crippen molar-refractivity contribution in [3.63, 3.8) is 0 Å². The molecule has 2 radical (unpaired) electrons. The molecule has 2 aromatic carbocycles. The number of carbonyl (C=O) groups is 3. The van der Waals surface area contributed by atoms with E-state index in [0.29, 0.717) is 16.8 Å². The molecule has 0 aliphatic carbocycles. The van der Waals surface area contributed by atoms with Crippen molar-refractivity contribution in [2.24, 2.45) is 0 Å². The highest BCUT2D eigenvalue weighted by Gasteiger charge is 2.71. The molecule has 5 rings (SSSR count). The Morgan fingerprint density at radius 3 is 2.43 bits per heavy atom. The summed E-state index contributed by atoms with van der Waals surface area (Å²) < 4.78 is 19.0. The Labute approximate surface area is 237 Å². The summed E-state index contributed by atoms with van der Waals surface area (Å²) in [6.45, 7) is -0.945. The highest BCUT2D eigenvalue weighted by molar-refractivity contribution is 6.14. The van der Waals surface area contributed by atoms with Gasteiger partial charge in [-0.05, 0) is 30.2 Å². The van der Waals surface area contributed by atoms with E-state index in [2.05, 4.69) is 15.4 Å². The minimum absolute atomic E-state index is 0.0884. The second-order valence-corrected chi connectivity index (χ2v) is 10.3. The van der Waals surface area contributed by atoms with Gasteiger partial charge in [0.25, 0.3) is 5.91 Å². The number of fused-ring (bicyclic) bond motifs is 1. The molecule has 2 fully saturated rings. The number of piperidine rings is 1. The number of hydrogen-bond acceptors (Lipinski definition) is 13. The molecule has 0 spiro atoms. The van der Waals surface area contributed by atoms with Crippen molar-refractivity contribution in [1.29, 1.82) is 0 Å². The summed E-state index contributed by atoms with van der Waals surface area (Å²) >= 11 is 0. The number of hydrogen-bond donors (Lipinski definition) is 9. The third kappa shape index (κ3) is 4.83. The molecular weight excluding hydrogens is 562 g/mol. The van der Waals surface area contributed by atoms with Gasteiger partial charge in [0.05, 0.1) is 0 Å². The van der Waals surface area contributed by atoms with E-state index in [1.165, 1.54) is 17.0 Å². The van der Waals surface area contributed by atoms with E-state index in [-0.39, 0.29) is 47.9 Å². The quantitative estimate of drug-likeness (QED) is 0.0919. The van der Waals surface area contributed by atoms with Gasteiger partial charge in [-0.2, -0.15) is 0 Å². The lowest BCUT2D eigenvalue weighted by Gasteiger charge is -2.57. The zero-order valence-electron chi connectivity index (χ0n) is 21.7. The van der Waals surface area contributed by atoms with Crippen LogP contribution in [-0.2, 0) is 34.0 Å². The topological polar surface area (TPSA) is 233 Å². The van der Waals surface area contributed by atoms with Crippen LogP contribution in [0.15, 0.2) is 36.4 Å². The predicted octanol–water partition coefficient (Wildman–Crippen LogP) is -3.24. The van der Waals surface area contributed by atoms with Crippen molar-refractivity contribution < 1.29 is 59.3 Å². The molecule has 2 unspecified atom stereocenters. The molecule has 0 saturated carbocycles. The SMILES string of the molecule is [B]C1(O)N(Cc2ccc(CNc3cccc4c3CN(C3CCC(=O)NC3=O)C4=O)c(F)c2)C(O)(O)C(O)(O)OC1(O)O. The van der Waals surface area contributed by atoms with Crippen LogP contribution in [0.4, 0.5) is 10.1 Å². The fourth-order valence-corrected chi connectivity index (χ4v) is 5.12. The molecule has 17 heteroatoms. The summed E-state index contributed by atoms with van der Waals surface area (Å²) in [5, 5.41) is 75.1. The largest absolute Gasteiger partial charge is 0.381 e. The standard InChI is InChI=1S/C25H26BFN4O11/c26-22(35)24(38,39)42-25(40,41)23(36,37)31(22)10-12-4-5-13(16(27)8-12)9-28-17-3-1-2-14-15(17)11-30(21(14)34)18-6-7-19(32)29-20(18)33/h1-5,8,18,28,35-41H,6-7,9-11H2,(H,29,32,33). The fourth-order valence-electron chi connectivity index (χ4n) is 5.12. The van der Waals surface area contributed by atoms with E-state index < -0.39 is 53.7 Å². The maximum absolute atomic E-state index is 15.1. The molecule has 0 aromatic heterocycles. The van der Waals surface area contributed by atoms with Crippen LogP contribution in [0.2, 0.25) is 0 Å². The van der Waals surface area contributed by atoms with Crippen LogP contribution >= 0.6 is 0 Å². The van der Waals surface area contributed by atoms with Gasteiger partial charge >= 0.3 is 17.9 Å². The number of rotatable bonds is 6. The summed E-state index contributed by atoms with van der Waals surface area (Å²) in [6, 6.07) is 7.51. The molecule has 3 aliphatic rings. The van der Waals surface area contributed by atoms with Gasteiger partial charge in [-0.25, -0.2) is 9.29 Å². The molecule has 0 bridgehead atoms. The molecule has 2 saturated heterocycles. The first-order valence-electron chi connectivity index (χ1n) is 12.6. The molecule has 3 heterocycles. The number of ether oxygens (including phenoxy) is 1. The van der Waals surface area contributed by atoms with Crippen molar-refractivity contribution in [2.75, 3.05) is 5.32 Å². The first kappa shape index (κ1) is 30.0. The highest BCUT2D eigenvalue weighted by Crippen LogP contribution is 2.42. The van der Waals surface area contributed by atoms with E-state index in [9.17, 15) is 50.1 Å². The molecule has 15 nitrogen and oxygen atoms in total. The number of nitrogens with zero attached hydrogens (tertiary/aromatic N) is 2. The Morgan fingerprint density at radius 2 is 1.76 bits per heavy atom. The van der Waals surface area contributed by atoms with Crippen molar-refractivity contribution in [2.45, 2.75) is 62.0 Å². The molecule has 3 aliphatic heterocycles. The minimum atomic E-state index is -4.05. The van der Waals surface area contributed by atoms with Crippen LogP contribution < -0.4 is 10.6 Å². The lowest BCUT2D eigenvalue weighted by Crippen LogP contribution is -2.84. The Morgan fingerprint density at radius 1 is 1.05 bits per heavy atom. The van der Waals surface area contributed by atoms with Gasteiger partial charge in [-0.15, -0.1) is 0 Å². The zero-order valence-corrected chi connectivity index (χ0v) is 21.7. The van der Waals surface area contributed by atoms with E-state index >= 15 is 4.39 Å². The number of carbonyl (C=O) groups excluding carboxylic acids is 3. The Hall–Kier alpha value is -3.52. The Balaban J connectivity index is 1.31. The monoisotopic (exact) mass is 588 g/mol. The van der Waals surface area contributed by atoms with Gasteiger partial charge in [-0.1, -0.05) is 18.2 Å². The molecular formula is C25H26BFN4O11. The molecule has 2 aromatic rings. The van der Waals surface area contributed by atoms with Gasteiger partial charge in [-0.3, -0.25) is 24.4 Å². The lowest BCUT2D eigenvalue weighted by molar-refractivity contribution is -0.621. The molecule has 3 amide bonds. The first-order valence-corrected chi connectivity index (χ1v) is 12.6. The van der Waals surface area contributed by atoms with Crippen LogP contribution in [-0.4, -0.2) is 101 Å². The van der Waals surface area contributed by atoms with Crippen LogP contribution in [0.1, 0.15) is 39.9 Å². The predicted molar refractivity (Wildman–Crippen MR) is 135 cm³/mol. The fraction of sp³-hybridized carbons (Fsp3) is 0.400. The van der Waals surface area contributed by atoms with Crippen LogP contribution in [0.25, 0.3) is 0 Å². The number of imide groups is 1. The first-order chi connectivity index (χ1) is 19.5. The number of benzene rings is 2. The van der Waals surface area contributed by atoms with E-state index in [4.69, 9.17) is 7.85 Å². The Bertz CT molecular complexity index is 1440. The molecule has 42 heavy (non-hydrogen) atoms. The maximum atomic E-state index is 15.1. The normalized spacial score (nSPS) is 26.6. The Kier molecular flexibility index (Phi) is 7.16. The number of nitrogens with one attached hydrogen (secondary N) is 2. The highest BCUT2D eigenvalue weighted by atomic mass is 19.1. The number of anilines is 1. The van der Waals surface area contributed by atoms with Crippen LogP contribution in [0, 0.1) is 5.82 Å². The van der Waals surface area contributed by atoms with Crippen molar-refractivity contribution >= 4 is 31.3 Å². The lowest BCUT2D eigenvalue weighted by atomic mass is 9.83. The summed E-state index contributed by atoms with van der Waals surface area (Å²) in [5.74, 6) is -14.0. The maximum Gasteiger partial charge on any atom is 0.356 e. The second-order valence-electron chi connectivity index (χ2n) is 10.3. The summed E-state index contributed by atoms with van der Waals surface area (Å²) in [6.07, 6.45) is 0.298. The molecule has 222 valence electrons. The van der Waals surface area contributed by atoms with Gasteiger partial charge in [0, 0.05) is 48.4 Å². The minimum Gasteiger partial charge on any atom is -0.381 e. The third-order valence-electron chi connectivity index (χ3n) is 7.50. The zero-order chi connectivity index (χ0) is 30.8. The van der Waals surface area contributed by atoms with E-state index in [0.717, 1.165) is 6.07 Å². The van der Waals surface area contributed by atoms with E-state index in [1.807, 2.05) is 0 Å². The molecule has 9 N–H and O–H groups in total. The molecule has 2 atom stereocenters. The van der Waals surface area contributed by atoms with Crippen LogP contribution in [0.3, 0.4) is 0 Å². The number of morpholine rings is 1. The van der Waals surface area contributed by atoms with Gasteiger partial charge < -0.3 is 46.0 Å². The van der Waals surface area contributed by atoms with Crippen molar-refractivity contribution in [3.05, 3.63) is 64.5 Å². The summed E-state index contributed by atoms with van der Waals surface area (Å²) in [7, 11) is 5.40. The summed E-state index contributed by atoms with van der Waals surface area (Å²) in [5.41, 5.74) is -2.11. The van der Waals surface area contributed by atoms with Gasteiger partial charge in [0.15, 0.2) is 5.62 Å². The average molecular weight is 588 g/mol. The van der Waals surface area contributed by atoms with Crippen molar-refractivity contribution in [3.8, 4) is 0 Å². The van der Waals surface area contributed by atoms with Gasteiger partial charge in [0.2, 0.25) is 11.8 Å². The average Bonchev–Trinajstić information content (AvgIpc) is 3.22. The van der Waals surface area contributed by atoms with Crippen LogP contribution in [0.5, 0.6) is 0 Å². The number of halogens is 1.